The van der Waals surface area contributed by atoms with Gasteiger partial charge in [0.15, 0.2) is 5.13 Å². The molecule has 1 saturated heterocycles. The number of ether oxygens (including phenoxy) is 1. The van der Waals surface area contributed by atoms with Crippen LogP contribution < -0.4 is 11.1 Å². The Morgan fingerprint density at radius 1 is 1.31 bits per heavy atom. The second-order valence-electron chi connectivity index (χ2n) is 8.75. The number of anilines is 2. The van der Waals surface area contributed by atoms with Crippen LogP contribution in [0.1, 0.15) is 49.6 Å². The van der Waals surface area contributed by atoms with Gasteiger partial charge in [0.2, 0.25) is 5.91 Å². The van der Waals surface area contributed by atoms with Gasteiger partial charge in [-0.05, 0) is 50.2 Å². The molecule has 0 radical (unpaired) electrons. The number of nitrogens with zero attached hydrogens (tertiary/aromatic N) is 3. The van der Waals surface area contributed by atoms with Crippen LogP contribution in [0.3, 0.4) is 0 Å². The predicted molar refractivity (Wildman–Crippen MR) is 126 cm³/mol. The molecule has 2 aromatic heterocycles. The van der Waals surface area contributed by atoms with Crippen molar-refractivity contribution in [3.05, 3.63) is 35.0 Å². The third kappa shape index (κ3) is 6.04. The summed E-state index contributed by atoms with van der Waals surface area (Å²) in [6, 6.07) is 5.12. The van der Waals surface area contributed by atoms with E-state index in [1.807, 2.05) is 30.0 Å². The van der Waals surface area contributed by atoms with Crippen molar-refractivity contribution in [3.8, 4) is 0 Å². The zero-order chi connectivity index (χ0) is 23.3. The van der Waals surface area contributed by atoms with Gasteiger partial charge < -0.3 is 20.7 Å². The van der Waals surface area contributed by atoms with Crippen LogP contribution in [-0.4, -0.2) is 53.0 Å². The van der Waals surface area contributed by atoms with E-state index in [9.17, 15) is 9.59 Å². The van der Waals surface area contributed by atoms with Crippen LogP contribution >= 0.6 is 11.3 Å². The number of carbonyl (C=O) groups is 2. The number of esters is 1. The summed E-state index contributed by atoms with van der Waals surface area (Å²) in [4.78, 5) is 37.3. The minimum atomic E-state index is -0.485. The van der Waals surface area contributed by atoms with Gasteiger partial charge in [-0.3, -0.25) is 9.59 Å². The number of piperidine rings is 1. The van der Waals surface area contributed by atoms with Crippen LogP contribution in [0.4, 0.5) is 10.9 Å². The quantitative estimate of drug-likeness (QED) is 0.582. The van der Waals surface area contributed by atoms with Crippen LogP contribution in [0.2, 0.25) is 0 Å². The Morgan fingerprint density at radius 2 is 2.03 bits per heavy atom. The summed E-state index contributed by atoms with van der Waals surface area (Å²) in [5.41, 5.74) is 6.76. The monoisotopic (exact) mass is 459 g/mol. The van der Waals surface area contributed by atoms with Crippen molar-refractivity contribution in [2.45, 2.75) is 52.0 Å². The molecule has 3 heterocycles. The summed E-state index contributed by atoms with van der Waals surface area (Å²) in [6.07, 6.45) is 3.87. The van der Waals surface area contributed by atoms with Crippen LogP contribution in [0.25, 0.3) is 0 Å². The molecule has 3 rings (SSSR count). The Labute approximate surface area is 193 Å². The molecule has 0 saturated carbocycles. The molecule has 0 spiro atoms. The fraction of sp³-hybridized carbons (Fsp3) is 0.565. The van der Waals surface area contributed by atoms with E-state index in [2.05, 4.69) is 24.1 Å². The number of aromatic nitrogens is 2. The topological polar surface area (TPSA) is 110 Å². The number of nitrogens with one attached hydrogen (secondary N) is 1. The first-order chi connectivity index (χ1) is 15.3. The van der Waals surface area contributed by atoms with Crippen LogP contribution in [-0.2, 0) is 14.3 Å². The molecule has 1 aliphatic heterocycles. The first-order valence-corrected chi connectivity index (χ1v) is 11.9. The van der Waals surface area contributed by atoms with Gasteiger partial charge in [0.1, 0.15) is 11.7 Å². The number of pyridine rings is 1. The summed E-state index contributed by atoms with van der Waals surface area (Å²) in [5.74, 6) is 0.253. The highest BCUT2D eigenvalue weighted by Gasteiger charge is 2.36. The molecule has 8 nitrogen and oxygen atoms in total. The molecule has 32 heavy (non-hydrogen) atoms. The molecule has 3 N–H and O–H groups in total. The van der Waals surface area contributed by atoms with Crippen molar-refractivity contribution in [2.75, 3.05) is 25.5 Å². The normalized spacial score (nSPS) is 16.6. The van der Waals surface area contributed by atoms with Crippen molar-refractivity contribution in [2.24, 2.45) is 17.6 Å². The van der Waals surface area contributed by atoms with Crippen molar-refractivity contribution >= 4 is 34.2 Å². The number of nitrogens with two attached hydrogens (primary N) is 1. The minimum absolute atomic E-state index is 0.00479. The Bertz CT molecular complexity index is 924. The highest BCUT2D eigenvalue weighted by atomic mass is 32.1. The molecule has 174 valence electrons. The Balaban J connectivity index is 1.71. The number of methoxy groups -OCH3 is 1. The molecule has 2 aromatic rings. The Hall–Kier alpha value is -2.52. The largest absolute Gasteiger partial charge is 0.468 e. The molecule has 0 bridgehead atoms. The zero-order valence-electron chi connectivity index (χ0n) is 19.2. The zero-order valence-corrected chi connectivity index (χ0v) is 20.0. The number of hydrogen-bond acceptors (Lipinski definition) is 8. The summed E-state index contributed by atoms with van der Waals surface area (Å²) in [7, 11) is 1.40. The summed E-state index contributed by atoms with van der Waals surface area (Å²) >= 11 is 1.54. The van der Waals surface area contributed by atoms with E-state index in [0.29, 0.717) is 49.8 Å². The van der Waals surface area contributed by atoms with E-state index in [4.69, 9.17) is 15.5 Å². The van der Waals surface area contributed by atoms with Crippen molar-refractivity contribution in [1.29, 1.82) is 0 Å². The first-order valence-electron chi connectivity index (χ1n) is 11.1. The van der Waals surface area contributed by atoms with E-state index in [-0.39, 0.29) is 17.8 Å². The Morgan fingerprint density at radius 3 is 2.62 bits per heavy atom. The first kappa shape index (κ1) is 24.1. The lowest BCUT2D eigenvalue weighted by molar-refractivity contribution is -0.144. The highest BCUT2D eigenvalue weighted by Crippen LogP contribution is 2.34. The van der Waals surface area contributed by atoms with Crippen LogP contribution in [0.15, 0.2) is 24.4 Å². The lowest BCUT2D eigenvalue weighted by Gasteiger charge is -2.36. The number of carbonyl (C=O) groups excluding carboxylic acids is 2. The maximum atomic E-state index is 12.7. The van der Waals surface area contributed by atoms with Crippen molar-refractivity contribution in [1.82, 2.24) is 14.9 Å². The molecule has 1 fully saturated rings. The number of amides is 1. The van der Waals surface area contributed by atoms with E-state index < -0.39 is 12.0 Å². The van der Waals surface area contributed by atoms with E-state index in [1.165, 1.54) is 7.11 Å². The van der Waals surface area contributed by atoms with Crippen molar-refractivity contribution in [3.63, 3.8) is 0 Å². The lowest BCUT2D eigenvalue weighted by Crippen LogP contribution is -2.48. The average Bonchev–Trinajstić information content (AvgIpc) is 3.18. The van der Waals surface area contributed by atoms with E-state index in [0.717, 1.165) is 10.0 Å². The molecule has 1 amide bonds. The van der Waals surface area contributed by atoms with E-state index in [1.54, 1.807) is 17.5 Å². The van der Waals surface area contributed by atoms with Gasteiger partial charge in [0.05, 0.1) is 18.8 Å². The summed E-state index contributed by atoms with van der Waals surface area (Å²) in [5, 5.41) is 3.96. The number of likely N-dealkylation sites (tertiary alicyclic amines) is 1. The van der Waals surface area contributed by atoms with Crippen LogP contribution in [0, 0.1) is 18.8 Å². The molecular weight excluding hydrogens is 426 g/mol. The highest BCUT2D eigenvalue weighted by molar-refractivity contribution is 7.15. The minimum Gasteiger partial charge on any atom is -0.468 e. The molecule has 1 aliphatic rings. The Kier molecular flexibility index (Phi) is 8.20. The maximum absolute atomic E-state index is 12.7. The molecule has 9 heteroatoms. The number of rotatable bonds is 8. The second kappa shape index (κ2) is 10.9. The SMILES string of the molecule is COC(=O)C(c1cccc(Nc2ncc(C)s2)n1)C1CCN(C(=O)[C@@H](N)CC(C)C)CC1. The van der Waals surface area contributed by atoms with Crippen molar-refractivity contribution < 1.29 is 14.3 Å². The summed E-state index contributed by atoms with van der Waals surface area (Å²) in [6.45, 7) is 7.28. The van der Waals surface area contributed by atoms with Gasteiger partial charge in [-0.15, -0.1) is 11.3 Å². The fourth-order valence-corrected chi connectivity index (χ4v) is 4.87. The average molecular weight is 460 g/mol. The molecule has 1 unspecified atom stereocenters. The lowest BCUT2D eigenvalue weighted by atomic mass is 9.81. The third-order valence-electron chi connectivity index (χ3n) is 5.77. The van der Waals surface area contributed by atoms with Gasteiger partial charge in [-0.1, -0.05) is 19.9 Å². The second-order valence-corrected chi connectivity index (χ2v) is 9.98. The maximum Gasteiger partial charge on any atom is 0.315 e. The number of aryl methyl sites for hydroxylation is 1. The van der Waals surface area contributed by atoms with Gasteiger partial charge in [-0.25, -0.2) is 9.97 Å². The standard InChI is InChI=1S/C23H33N5O3S/c1-14(2)12-17(24)21(29)28-10-8-16(9-11-28)20(22(30)31-4)18-6-5-7-19(26-18)27-23-25-13-15(3)32-23/h5-7,13-14,16-17,20H,8-12,24H2,1-4H3,(H,25,26,27)/t17-,20?/m0/s1. The van der Waals surface area contributed by atoms with Gasteiger partial charge in [0, 0.05) is 24.2 Å². The van der Waals surface area contributed by atoms with Crippen LogP contribution in [0.5, 0.6) is 0 Å². The van der Waals surface area contributed by atoms with Gasteiger partial charge in [0.25, 0.3) is 0 Å². The van der Waals surface area contributed by atoms with Gasteiger partial charge in [-0.2, -0.15) is 0 Å². The third-order valence-corrected chi connectivity index (χ3v) is 6.59. The predicted octanol–water partition coefficient (Wildman–Crippen LogP) is 3.46. The number of thiazole rings is 1. The smallest absolute Gasteiger partial charge is 0.315 e. The summed E-state index contributed by atoms with van der Waals surface area (Å²) < 4.78 is 5.13. The molecule has 2 atom stereocenters. The molecular formula is C23H33N5O3S. The number of hydrogen-bond donors (Lipinski definition) is 2. The molecule has 0 aliphatic carbocycles. The fourth-order valence-electron chi connectivity index (χ4n) is 4.19. The van der Waals surface area contributed by atoms with E-state index >= 15 is 0 Å². The molecule has 0 aromatic carbocycles. The van der Waals surface area contributed by atoms with Gasteiger partial charge >= 0.3 is 5.97 Å².